The van der Waals surface area contributed by atoms with Crippen molar-refractivity contribution in [1.82, 2.24) is 15.2 Å². The molecule has 0 saturated heterocycles. The fourth-order valence-electron chi connectivity index (χ4n) is 3.56. The smallest absolute Gasteiger partial charge is 0.253 e. The summed E-state index contributed by atoms with van der Waals surface area (Å²) < 4.78 is 4.68. The fourth-order valence-corrected chi connectivity index (χ4v) is 3.56. The Labute approximate surface area is 123 Å². The summed E-state index contributed by atoms with van der Waals surface area (Å²) in [6.07, 6.45) is 7.62. The van der Waals surface area contributed by atoms with E-state index in [1.165, 1.54) is 25.7 Å². The molecule has 1 spiro atoms. The quantitative estimate of drug-likeness (QED) is 0.851. The van der Waals surface area contributed by atoms with Crippen LogP contribution >= 0.6 is 0 Å². The normalized spacial score (nSPS) is 20.8. The predicted octanol–water partition coefficient (Wildman–Crippen LogP) is 3.02. The van der Waals surface area contributed by atoms with Gasteiger partial charge in [-0.1, -0.05) is 0 Å². The molecule has 5 nitrogen and oxygen atoms in total. The van der Waals surface area contributed by atoms with E-state index < -0.39 is 0 Å². The van der Waals surface area contributed by atoms with Crippen molar-refractivity contribution in [3.63, 3.8) is 0 Å². The zero-order valence-corrected chi connectivity index (χ0v) is 12.2. The zero-order chi connectivity index (χ0) is 14.4. The average Bonchev–Trinajstić information content (AvgIpc) is 3.10. The molecule has 2 fully saturated rings. The van der Waals surface area contributed by atoms with E-state index >= 15 is 0 Å². The Kier molecular flexibility index (Phi) is 2.77. The van der Waals surface area contributed by atoms with E-state index in [0.717, 1.165) is 12.8 Å². The van der Waals surface area contributed by atoms with Crippen LogP contribution in [0.2, 0.25) is 0 Å². The average molecular weight is 285 g/mol. The van der Waals surface area contributed by atoms with Gasteiger partial charge in [-0.05, 0) is 72.5 Å². The highest BCUT2D eigenvalue weighted by molar-refractivity contribution is 5.97. The number of carbonyl (C=O) groups is 1. The van der Waals surface area contributed by atoms with Crippen LogP contribution in [-0.2, 0) is 0 Å². The van der Waals surface area contributed by atoms with Gasteiger partial charge >= 0.3 is 0 Å². The van der Waals surface area contributed by atoms with E-state index in [2.05, 4.69) is 14.9 Å². The molecule has 0 radical (unpaired) electrons. The molecule has 4 rings (SSSR count). The Morgan fingerprint density at radius 3 is 2.62 bits per heavy atom. The lowest BCUT2D eigenvalue weighted by molar-refractivity contribution is 0.0667. The van der Waals surface area contributed by atoms with E-state index in [-0.39, 0.29) is 5.91 Å². The zero-order valence-electron chi connectivity index (χ0n) is 12.2. The van der Waals surface area contributed by atoms with Gasteiger partial charge in [0.1, 0.15) is 11.0 Å². The van der Waals surface area contributed by atoms with Crippen LogP contribution in [0.25, 0.3) is 11.0 Å². The second-order valence-corrected chi connectivity index (χ2v) is 6.61. The van der Waals surface area contributed by atoms with Gasteiger partial charge in [0.15, 0.2) is 0 Å². The molecule has 110 valence electrons. The summed E-state index contributed by atoms with van der Waals surface area (Å²) in [4.78, 5) is 14.5. The molecule has 1 amide bonds. The lowest BCUT2D eigenvalue weighted by Crippen LogP contribution is -2.39. The molecule has 5 heteroatoms. The highest BCUT2D eigenvalue weighted by atomic mass is 16.6. The number of hydrogen-bond donors (Lipinski definition) is 0. The van der Waals surface area contributed by atoms with Crippen molar-refractivity contribution in [2.45, 2.75) is 44.6 Å². The van der Waals surface area contributed by atoms with Crippen molar-refractivity contribution in [1.29, 1.82) is 0 Å². The second-order valence-electron chi connectivity index (χ2n) is 6.61. The Bertz CT molecular complexity index is 680. The van der Waals surface area contributed by atoms with Crippen LogP contribution in [0.1, 0.15) is 48.9 Å². The molecule has 0 bridgehead atoms. The molecule has 1 aromatic heterocycles. The molecule has 2 aromatic rings. The minimum Gasteiger partial charge on any atom is -0.339 e. The first-order valence-corrected chi connectivity index (χ1v) is 7.66. The van der Waals surface area contributed by atoms with Crippen molar-refractivity contribution in [3.8, 4) is 0 Å². The summed E-state index contributed by atoms with van der Waals surface area (Å²) in [5, 5.41) is 7.57. The maximum atomic E-state index is 12.6. The number of fused-ring (bicyclic) bond motifs is 1. The van der Waals surface area contributed by atoms with Crippen LogP contribution in [0.4, 0.5) is 0 Å². The third-order valence-electron chi connectivity index (χ3n) is 5.34. The Morgan fingerprint density at radius 1 is 1.19 bits per heavy atom. The van der Waals surface area contributed by atoms with Crippen LogP contribution in [0, 0.1) is 5.41 Å². The topological polar surface area (TPSA) is 59.2 Å². The molecule has 2 aliphatic carbocycles. The molecule has 1 heterocycles. The number of nitrogens with zero attached hydrogens (tertiary/aromatic N) is 3. The fraction of sp³-hybridized carbons (Fsp3) is 0.562. The maximum absolute atomic E-state index is 12.6. The molecular weight excluding hydrogens is 266 g/mol. The van der Waals surface area contributed by atoms with Crippen molar-refractivity contribution in [3.05, 3.63) is 23.8 Å². The first-order valence-electron chi connectivity index (χ1n) is 7.66. The standard InChI is InChI=1S/C16H19N3O2/c1-19(12-4-6-16(7-5-12)8-9-16)15(20)11-2-3-13-14(10-11)18-21-17-13/h2-3,10,12H,4-9H2,1H3. The Hall–Kier alpha value is -1.91. The number of amides is 1. The van der Waals surface area contributed by atoms with Gasteiger partial charge in [-0.25, -0.2) is 4.63 Å². The van der Waals surface area contributed by atoms with Gasteiger partial charge in [-0.3, -0.25) is 4.79 Å². The molecule has 0 aliphatic heterocycles. The van der Waals surface area contributed by atoms with E-state index in [0.29, 0.717) is 28.1 Å². The van der Waals surface area contributed by atoms with Crippen LogP contribution in [0.15, 0.2) is 22.8 Å². The van der Waals surface area contributed by atoms with Crippen LogP contribution in [0.3, 0.4) is 0 Å². The molecule has 0 N–H and O–H groups in total. The highest BCUT2D eigenvalue weighted by Gasteiger charge is 2.45. The van der Waals surface area contributed by atoms with E-state index in [9.17, 15) is 4.79 Å². The first kappa shape index (κ1) is 12.8. The molecule has 0 atom stereocenters. The van der Waals surface area contributed by atoms with E-state index in [4.69, 9.17) is 0 Å². The lowest BCUT2D eigenvalue weighted by atomic mass is 9.83. The summed E-state index contributed by atoms with van der Waals surface area (Å²) in [5.41, 5.74) is 2.64. The summed E-state index contributed by atoms with van der Waals surface area (Å²) in [6, 6.07) is 5.72. The largest absolute Gasteiger partial charge is 0.339 e. The number of carbonyl (C=O) groups excluding carboxylic acids is 1. The highest BCUT2D eigenvalue weighted by Crippen LogP contribution is 2.56. The van der Waals surface area contributed by atoms with Crippen molar-refractivity contribution in [2.75, 3.05) is 7.05 Å². The van der Waals surface area contributed by atoms with Gasteiger partial charge in [0, 0.05) is 18.7 Å². The van der Waals surface area contributed by atoms with Gasteiger partial charge in [0.2, 0.25) is 0 Å². The number of aromatic nitrogens is 2. The monoisotopic (exact) mass is 285 g/mol. The summed E-state index contributed by atoms with van der Waals surface area (Å²) in [7, 11) is 1.92. The molecule has 2 aliphatic rings. The molecular formula is C16H19N3O2. The van der Waals surface area contributed by atoms with Gasteiger partial charge in [0.05, 0.1) is 0 Å². The van der Waals surface area contributed by atoms with Crippen LogP contribution < -0.4 is 0 Å². The SMILES string of the molecule is CN(C(=O)c1ccc2nonc2c1)C1CCC2(CC1)CC2. The van der Waals surface area contributed by atoms with Crippen molar-refractivity contribution < 1.29 is 9.42 Å². The minimum absolute atomic E-state index is 0.0663. The predicted molar refractivity (Wildman–Crippen MR) is 77.8 cm³/mol. The number of benzene rings is 1. The van der Waals surface area contributed by atoms with E-state index in [1.807, 2.05) is 11.9 Å². The molecule has 1 aromatic carbocycles. The third-order valence-corrected chi connectivity index (χ3v) is 5.34. The Morgan fingerprint density at radius 2 is 1.90 bits per heavy atom. The minimum atomic E-state index is 0.0663. The van der Waals surface area contributed by atoms with Crippen LogP contribution in [0.5, 0.6) is 0 Å². The maximum Gasteiger partial charge on any atom is 0.253 e. The number of hydrogen-bond acceptors (Lipinski definition) is 4. The summed E-state index contributed by atoms with van der Waals surface area (Å²) in [6.45, 7) is 0. The van der Waals surface area contributed by atoms with Gasteiger partial charge in [-0.15, -0.1) is 0 Å². The lowest BCUT2D eigenvalue weighted by Gasteiger charge is -2.35. The second kappa shape index (κ2) is 4.55. The van der Waals surface area contributed by atoms with Crippen molar-refractivity contribution >= 4 is 16.9 Å². The third kappa shape index (κ3) is 2.20. The number of rotatable bonds is 2. The van der Waals surface area contributed by atoms with Gasteiger partial charge in [0.25, 0.3) is 5.91 Å². The Balaban J connectivity index is 1.50. The molecule has 2 saturated carbocycles. The van der Waals surface area contributed by atoms with Gasteiger partial charge < -0.3 is 4.90 Å². The van der Waals surface area contributed by atoms with Crippen LogP contribution in [-0.4, -0.2) is 34.2 Å². The molecule has 0 unspecified atom stereocenters. The summed E-state index contributed by atoms with van der Waals surface area (Å²) in [5.74, 6) is 0.0663. The molecule has 21 heavy (non-hydrogen) atoms. The first-order chi connectivity index (χ1) is 10.2. The van der Waals surface area contributed by atoms with E-state index in [1.54, 1.807) is 18.2 Å². The van der Waals surface area contributed by atoms with Crippen molar-refractivity contribution in [2.24, 2.45) is 5.41 Å². The summed E-state index contributed by atoms with van der Waals surface area (Å²) >= 11 is 0. The van der Waals surface area contributed by atoms with Gasteiger partial charge in [-0.2, -0.15) is 0 Å².